The number of carbonyl (C=O) groups is 1. The highest BCUT2D eigenvalue weighted by molar-refractivity contribution is 7.18. The predicted molar refractivity (Wildman–Crippen MR) is 98.8 cm³/mol. The number of fused-ring (bicyclic) bond motifs is 2. The molecular formula is C18H15N5O2S. The van der Waals surface area contributed by atoms with E-state index >= 15 is 0 Å². The van der Waals surface area contributed by atoms with Gasteiger partial charge in [0, 0.05) is 18.1 Å². The fourth-order valence-corrected chi connectivity index (χ4v) is 3.57. The summed E-state index contributed by atoms with van der Waals surface area (Å²) in [6, 6.07) is 9.36. The van der Waals surface area contributed by atoms with Crippen molar-refractivity contribution in [2.45, 2.75) is 19.8 Å². The van der Waals surface area contributed by atoms with Gasteiger partial charge in [-0.2, -0.15) is 0 Å². The second-order valence-corrected chi connectivity index (χ2v) is 7.56. The van der Waals surface area contributed by atoms with Crippen molar-refractivity contribution in [1.29, 1.82) is 0 Å². The minimum Gasteiger partial charge on any atom is -0.438 e. The van der Waals surface area contributed by atoms with Crippen molar-refractivity contribution in [2.75, 3.05) is 5.32 Å². The number of rotatable bonds is 4. The van der Waals surface area contributed by atoms with E-state index in [9.17, 15) is 4.79 Å². The molecule has 1 saturated carbocycles. The van der Waals surface area contributed by atoms with E-state index in [4.69, 9.17) is 4.74 Å². The lowest BCUT2D eigenvalue weighted by Crippen LogP contribution is -2.13. The van der Waals surface area contributed by atoms with Gasteiger partial charge in [-0.1, -0.05) is 0 Å². The summed E-state index contributed by atoms with van der Waals surface area (Å²) in [5.74, 6) is 1.79. The predicted octanol–water partition coefficient (Wildman–Crippen LogP) is 3.79. The molecule has 1 aliphatic rings. The zero-order valence-electron chi connectivity index (χ0n) is 14.0. The Labute approximate surface area is 152 Å². The number of thiazole rings is 1. The van der Waals surface area contributed by atoms with Crippen molar-refractivity contribution in [3.8, 4) is 11.6 Å². The number of nitrogens with zero attached hydrogens (tertiary/aromatic N) is 4. The highest BCUT2D eigenvalue weighted by atomic mass is 32.1. The molecular weight excluding hydrogens is 350 g/mol. The molecule has 0 radical (unpaired) electrons. The van der Waals surface area contributed by atoms with Crippen molar-refractivity contribution >= 4 is 38.9 Å². The molecule has 5 rings (SSSR count). The van der Waals surface area contributed by atoms with E-state index in [1.807, 2.05) is 25.1 Å². The summed E-state index contributed by atoms with van der Waals surface area (Å²) in [6.07, 6.45) is 3.60. The maximum absolute atomic E-state index is 11.9. The molecule has 0 aliphatic heterocycles. The van der Waals surface area contributed by atoms with Gasteiger partial charge in [-0.3, -0.25) is 4.79 Å². The van der Waals surface area contributed by atoms with E-state index in [1.165, 1.54) is 0 Å². The quantitative estimate of drug-likeness (QED) is 0.595. The van der Waals surface area contributed by atoms with Crippen LogP contribution in [0.4, 0.5) is 5.82 Å². The molecule has 1 aliphatic carbocycles. The Hall–Kier alpha value is -3.00. The van der Waals surface area contributed by atoms with Crippen LogP contribution in [0.2, 0.25) is 0 Å². The highest BCUT2D eigenvalue weighted by Crippen LogP contribution is 2.30. The van der Waals surface area contributed by atoms with Gasteiger partial charge in [-0.25, -0.2) is 14.5 Å². The summed E-state index contributed by atoms with van der Waals surface area (Å²) in [5, 5.41) is 8.26. The summed E-state index contributed by atoms with van der Waals surface area (Å²) in [5.41, 5.74) is 1.56. The van der Waals surface area contributed by atoms with Gasteiger partial charge in [0.25, 0.3) is 0 Å². The van der Waals surface area contributed by atoms with Gasteiger partial charge in [0.15, 0.2) is 11.5 Å². The Bertz CT molecular complexity index is 1150. The number of benzene rings is 1. The lowest BCUT2D eigenvalue weighted by atomic mass is 10.3. The Morgan fingerprint density at radius 1 is 1.27 bits per heavy atom. The molecule has 3 heterocycles. The van der Waals surface area contributed by atoms with Crippen LogP contribution in [0.15, 0.2) is 36.5 Å². The van der Waals surface area contributed by atoms with E-state index in [1.54, 1.807) is 34.2 Å². The third-order valence-corrected chi connectivity index (χ3v) is 5.14. The van der Waals surface area contributed by atoms with Crippen molar-refractivity contribution in [2.24, 2.45) is 5.92 Å². The van der Waals surface area contributed by atoms with Gasteiger partial charge in [0.2, 0.25) is 11.8 Å². The number of aromatic nitrogens is 4. The first kappa shape index (κ1) is 15.3. The van der Waals surface area contributed by atoms with Crippen LogP contribution < -0.4 is 10.1 Å². The normalized spacial score (nSPS) is 14.0. The van der Waals surface area contributed by atoms with Gasteiger partial charge >= 0.3 is 0 Å². The van der Waals surface area contributed by atoms with Crippen LogP contribution in [0.25, 0.3) is 15.9 Å². The molecule has 8 heteroatoms. The second kappa shape index (κ2) is 5.77. The van der Waals surface area contributed by atoms with Gasteiger partial charge in [-0.15, -0.1) is 16.4 Å². The third kappa shape index (κ3) is 2.88. The van der Waals surface area contributed by atoms with Crippen LogP contribution in [0.3, 0.4) is 0 Å². The molecule has 3 aromatic heterocycles. The maximum atomic E-state index is 11.9. The molecule has 0 atom stereocenters. The van der Waals surface area contributed by atoms with Crippen LogP contribution >= 0.6 is 11.3 Å². The number of hydrogen-bond donors (Lipinski definition) is 1. The fraction of sp³-hybridized carbons (Fsp3) is 0.222. The van der Waals surface area contributed by atoms with Crippen LogP contribution in [-0.2, 0) is 4.79 Å². The number of nitrogens with one attached hydrogen (secondary N) is 1. The molecule has 1 amide bonds. The van der Waals surface area contributed by atoms with Crippen LogP contribution in [0, 0.1) is 12.8 Å². The molecule has 7 nitrogen and oxygen atoms in total. The van der Waals surface area contributed by atoms with Gasteiger partial charge < -0.3 is 10.1 Å². The SMILES string of the molecule is Cc1nc2cc(Oc3ccc4nc(NC(=O)C5CC5)cn4n3)ccc2s1. The van der Waals surface area contributed by atoms with Crippen molar-refractivity contribution in [1.82, 2.24) is 19.6 Å². The molecule has 26 heavy (non-hydrogen) atoms. The number of carbonyl (C=O) groups excluding carboxylic acids is 1. The van der Waals surface area contributed by atoms with Crippen LogP contribution in [-0.4, -0.2) is 25.5 Å². The number of hydrogen-bond acceptors (Lipinski definition) is 6. The molecule has 130 valence electrons. The molecule has 4 aromatic rings. The molecule has 1 aromatic carbocycles. The first-order chi connectivity index (χ1) is 12.6. The summed E-state index contributed by atoms with van der Waals surface area (Å²) < 4.78 is 8.59. The molecule has 1 fully saturated rings. The van der Waals surface area contributed by atoms with Gasteiger partial charge in [0.1, 0.15) is 5.75 Å². The lowest BCUT2D eigenvalue weighted by Gasteiger charge is -2.04. The second-order valence-electron chi connectivity index (χ2n) is 6.33. The highest BCUT2D eigenvalue weighted by Gasteiger charge is 2.30. The Kier molecular flexibility index (Phi) is 3.39. The number of anilines is 1. The number of imidazole rings is 1. The summed E-state index contributed by atoms with van der Waals surface area (Å²) in [7, 11) is 0. The number of ether oxygens (including phenoxy) is 1. The zero-order valence-corrected chi connectivity index (χ0v) is 14.8. The Balaban J connectivity index is 1.39. The monoisotopic (exact) mass is 365 g/mol. The van der Waals surface area contributed by atoms with Gasteiger partial charge in [-0.05, 0) is 38.0 Å². The topological polar surface area (TPSA) is 81.4 Å². The van der Waals surface area contributed by atoms with E-state index in [-0.39, 0.29) is 11.8 Å². The minimum absolute atomic E-state index is 0.0248. The van der Waals surface area contributed by atoms with Crippen molar-refractivity contribution in [3.63, 3.8) is 0 Å². The summed E-state index contributed by atoms with van der Waals surface area (Å²) in [4.78, 5) is 20.7. The van der Waals surface area contributed by atoms with Crippen molar-refractivity contribution in [3.05, 3.63) is 41.5 Å². The largest absolute Gasteiger partial charge is 0.438 e. The fourth-order valence-electron chi connectivity index (χ4n) is 2.76. The Morgan fingerprint density at radius 2 is 2.15 bits per heavy atom. The molecule has 1 N–H and O–H groups in total. The van der Waals surface area contributed by atoms with Crippen LogP contribution in [0.1, 0.15) is 17.8 Å². The van der Waals surface area contributed by atoms with E-state index in [0.717, 1.165) is 28.1 Å². The standard InChI is InChI=1S/C18H15N5O2S/c1-10-19-13-8-12(4-5-14(13)26-10)25-17-7-6-16-20-15(9-23(16)22-17)21-18(24)11-2-3-11/h4-9,11H,2-3H2,1H3,(H,21,24). The first-order valence-electron chi connectivity index (χ1n) is 8.36. The third-order valence-electron chi connectivity index (χ3n) is 4.18. The summed E-state index contributed by atoms with van der Waals surface area (Å²) >= 11 is 1.65. The average Bonchev–Trinajstić information content (AvgIpc) is 3.29. The average molecular weight is 365 g/mol. The van der Waals surface area contributed by atoms with E-state index in [2.05, 4.69) is 20.4 Å². The number of amides is 1. The molecule has 0 saturated heterocycles. The maximum Gasteiger partial charge on any atom is 0.237 e. The van der Waals surface area contributed by atoms with E-state index in [0.29, 0.717) is 23.1 Å². The van der Waals surface area contributed by atoms with Gasteiger partial charge in [0.05, 0.1) is 21.4 Å². The van der Waals surface area contributed by atoms with Crippen molar-refractivity contribution < 1.29 is 9.53 Å². The number of aryl methyl sites for hydroxylation is 1. The van der Waals surface area contributed by atoms with E-state index < -0.39 is 0 Å². The Morgan fingerprint density at radius 3 is 3.00 bits per heavy atom. The first-order valence-corrected chi connectivity index (χ1v) is 9.18. The molecule has 0 bridgehead atoms. The van der Waals surface area contributed by atoms with Crippen LogP contribution in [0.5, 0.6) is 11.6 Å². The zero-order chi connectivity index (χ0) is 17.7. The minimum atomic E-state index is 0.0248. The molecule has 0 unspecified atom stereocenters. The lowest BCUT2D eigenvalue weighted by molar-refractivity contribution is -0.117. The summed E-state index contributed by atoms with van der Waals surface area (Å²) in [6.45, 7) is 1.99. The smallest absolute Gasteiger partial charge is 0.237 e. The molecule has 0 spiro atoms.